The number of hydrogen-bond acceptors (Lipinski definition) is 4. The molecule has 4 aliphatic carbocycles. The lowest BCUT2D eigenvalue weighted by molar-refractivity contribution is -0.168. The van der Waals surface area contributed by atoms with Crippen LogP contribution in [0.2, 0.25) is 0 Å². The third kappa shape index (κ3) is 2.46. The molecule has 0 aromatic heterocycles. The van der Waals surface area contributed by atoms with Gasteiger partial charge in [-0.15, -0.1) is 0 Å². The van der Waals surface area contributed by atoms with Crippen LogP contribution in [0.25, 0.3) is 0 Å². The maximum Gasteiger partial charge on any atom is 0.191 e. The smallest absolute Gasteiger partial charge is 0.191 e. The molecule has 0 radical (unpaired) electrons. The molecule has 4 nitrogen and oxygen atoms in total. The normalized spacial score (nSPS) is 56.0. The molecule has 4 saturated carbocycles. The van der Waals surface area contributed by atoms with Gasteiger partial charge in [-0.1, -0.05) is 61.6 Å². The summed E-state index contributed by atoms with van der Waals surface area (Å²) in [5, 5.41) is 21.0. The number of hydrogen-bond donors (Lipinski definition) is 2. The number of halogens is 3. The van der Waals surface area contributed by atoms with Gasteiger partial charge in [-0.3, -0.25) is 9.59 Å². The fourth-order valence-corrected chi connectivity index (χ4v) is 10.8. The Morgan fingerprint density at radius 2 is 1.79 bits per heavy atom. The molecule has 9 atom stereocenters. The number of Topliss-reactive ketones (excluding diaryl/α,β-unsaturated/α-hetero) is 2. The zero-order valence-corrected chi connectivity index (χ0v) is 21.1. The fourth-order valence-electron chi connectivity index (χ4n) is 7.62. The topological polar surface area (TPSA) is 74.6 Å². The highest BCUT2D eigenvalue weighted by molar-refractivity contribution is 9.12. The lowest BCUT2D eigenvalue weighted by atomic mass is 9.44. The summed E-state index contributed by atoms with van der Waals surface area (Å²) in [4.78, 5) is 24.6. The first-order chi connectivity index (χ1) is 13.0. The van der Waals surface area contributed by atoms with Crippen molar-refractivity contribution in [1.82, 2.24) is 0 Å². The van der Waals surface area contributed by atoms with Crippen LogP contribution in [-0.2, 0) is 9.59 Å². The fraction of sp³-hybridized carbons (Fsp3) is 0.905. The van der Waals surface area contributed by atoms with Crippen molar-refractivity contribution < 1.29 is 19.8 Å². The molecule has 4 rings (SSSR count). The molecule has 158 valence electrons. The molecule has 0 aromatic rings. The van der Waals surface area contributed by atoms with Crippen LogP contribution < -0.4 is 0 Å². The van der Waals surface area contributed by atoms with Gasteiger partial charge in [-0.2, -0.15) is 0 Å². The van der Waals surface area contributed by atoms with Crippen molar-refractivity contribution in [2.45, 2.75) is 78.4 Å². The maximum absolute atomic E-state index is 12.6. The Bertz CT molecular complexity index is 716. The van der Waals surface area contributed by atoms with Crippen LogP contribution in [0, 0.1) is 28.6 Å². The molecule has 0 amide bonds. The van der Waals surface area contributed by atoms with E-state index in [9.17, 15) is 19.8 Å². The van der Waals surface area contributed by atoms with Crippen LogP contribution in [0.4, 0.5) is 0 Å². The summed E-state index contributed by atoms with van der Waals surface area (Å²) in [5.41, 5.74) is -2.03. The van der Waals surface area contributed by atoms with Crippen LogP contribution in [-0.4, -0.2) is 48.0 Å². The van der Waals surface area contributed by atoms with Crippen molar-refractivity contribution in [1.29, 1.82) is 0 Å². The van der Waals surface area contributed by atoms with Crippen LogP contribution in [0.1, 0.15) is 58.8 Å². The minimum absolute atomic E-state index is 0.00280. The van der Waals surface area contributed by atoms with Gasteiger partial charge in [0.05, 0.1) is 14.0 Å². The molecule has 0 bridgehead atoms. The monoisotopic (exact) mass is 582 g/mol. The largest absolute Gasteiger partial charge is 0.388 e. The van der Waals surface area contributed by atoms with Crippen molar-refractivity contribution in [2.75, 3.05) is 6.61 Å². The summed E-state index contributed by atoms with van der Waals surface area (Å²) in [6, 6.07) is 0. The van der Waals surface area contributed by atoms with E-state index in [1.807, 2.05) is 0 Å². The van der Waals surface area contributed by atoms with E-state index in [0.717, 1.165) is 38.5 Å². The molecular weight excluding hydrogens is 556 g/mol. The molecule has 0 aliphatic heterocycles. The number of ketones is 2. The third-order valence-electron chi connectivity index (χ3n) is 9.36. The van der Waals surface area contributed by atoms with Gasteiger partial charge >= 0.3 is 0 Å². The highest BCUT2D eigenvalue weighted by Gasteiger charge is 2.71. The van der Waals surface area contributed by atoms with Crippen molar-refractivity contribution in [3.05, 3.63) is 0 Å². The SMILES string of the molecule is C[C@]12CC[C@H]3[C@@H](CC[C@@]4(Br)[C@@H](Br)C(=O)CC[C@]34C)[C@@H]1C[C@H](Br)[C@]2(O)C(=O)CO. The second kappa shape index (κ2) is 6.85. The summed E-state index contributed by atoms with van der Waals surface area (Å²) in [5.74, 6) is 0.939. The first-order valence-corrected chi connectivity index (χ1v) is 13.0. The van der Waals surface area contributed by atoms with Crippen LogP contribution >= 0.6 is 47.8 Å². The van der Waals surface area contributed by atoms with Crippen LogP contribution in [0.15, 0.2) is 0 Å². The van der Waals surface area contributed by atoms with Crippen molar-refractivity contribution in [3.63, 3.8) is 0 Å². The van der Waals surface area contributed by atoms with E-state index in [4.69, 9.17) is 0 Å². The zero-order valence-electron chi connectivity index (χ0n) is 16.4. The van der Waals surface area contributed by atoms with E-state index < -0.39 is 23.4 Å². The number of aliphatic hydroxyl groups excluding tert-OH is 1. The van der Waals surface area contributed by atoms with E-state index in [-0.39, 0.29) is 31.1 Å². The summed E-state index contributed by atoms with van der Waals surface area (Å²) in [7, 11) is 0. The van der Waals surface area contributed by atoms with Gasteiger partial charge in [-0.05, 0) is 61.7 Å². The average Bonchev–Trinajstić information content (AvgIpc) is 2.88. The number of rotatable bonds is 2. The molecule has 0 saturated heterocycles. The molecule has 0 spiro atoms. The first kappa shape index (κ1) is 21.9. The number of fused-ring (bicyclic) bond motifs is 5. The lowest BCUT2D eigenvalue weighted by Crippen LogP contribution is -2.65. The Hall–Kier alpha value is 0.700. The highest BCUT2D eigenvalue weighted by atomic mass is 79.9. The highest BCUT2D eigenvalue weighted by Crippen LogP contribution is 2.71. The average molecular weight is 585 g/mol. The molecule has 0 aromatic carbocycles. The molecule has 2 N–H and O–H groups in total. The Labute approximate surface area is 192 Å². The summed E-state index contributed by atoms with van der Waals surface area (Å²) < 4.78 is -0.228. The molecule has 7 heteroatoms. The molecule has 4 aliphatic rings. The third-order valence-corrected chi connectivity index (χ3v) is 14.1. The number of alkyl halides is 3. The second-order valence-electron chi connectivity index (χ2n) is 10.0. The van der Waals surface area contributed by atoms with Gasteiger partial charge in [0.15, 0.2) is 5.78 Å². The Balaban J connectivity index is 1.72. The van der Waals surface area contributed by atoms with Gasteiger partial charge in [0.1, 0.15) is 18.0 Å². The molecule has 28 heavy (non-hydrogen) atoms. The van der Waals surface area contributed by atoms with E-state index in [0.29, 0.717) is 18.3 Å². The molecule has 4 fully saturated rings. The minimum atomic E-state index is -1.51. The molecule has 0 heterocycles. The van der Waals surface area contributed by atoms with Crippen molar-refractivity contribution in [2.24, 2.45) is 28.6 Å². The van der Waals surface area contributed by atoms with Crippen LogP contribution in [0.3, 0.4) is 0 Å². The quantitative estimate of drug-likeness (QED) is 0.478. The van der Waals surface area contributed by atoms with Gasteiger partial charge < -0.3 is 10.2 Å². The standard InChI is InChI=1S/C21H29Br3O4/c1-18-7-5-14(26)17(23)20(18,24)8-3-11-12(18)4-6-19(2)13(11)9-15(22)21(19,28)16(27)10-25/h11-13,15,17,25,28H,3-10H2,1-2H3/t11-,12+,13+,15+,17+,18-,19+,20-,21+/m1/s1. The van der Waals surface area contributed by atoms with E-state index in [1.54, 1.807) is 0 Å². The summed E-state index contributed by atoms with van der Waals surface area (Å²) in [6.07, 6.45) is 5.86. The summed E-state index contributed by atoms with van der Waals surface area (Å²) in [6.45, 7) is 3.77. The zero-order chi connectivity index (χ0) is 20.7. The maximum atomic E-state index is 12.6. The molecular formula is C21H29Br3O4. The van der Waals surface area contributed by atoms with Gasteiger partial charge in [0.2, 0.25) is 0 Å². The van der Waals surface area contributed by atoms with E-state index >= 15 is 0 Å². The predicted molar refractivity (Wildman–Crippen MR) is 118 cm³/mol. The van der Waals surface area contributed by atoms with Crippen molar-refractivity contribution >= 4 is 59.4 Å². The summed E-state index contributed by atoms with van der Waals surface area (Å²) >= 11 is 11.4. The Morgan fingerprint density at radius 3 is 2.43 bits per heavy atom. The minimum Gasteiger partial charge on any atom is -0.388 e. The van der Waals surface area contributed by atoms with Gasteiger partial charge in [0.25, 0.3) is 0 Å². The van der Waals surface area contributed by atoms with E-state index in [2.05, 4.69) is 61.6 Å². The number of carbonyl (C=O) groups excluding carboxylic acids is 2. The predicted octanol–water partition coefficient (Wildman–Crippen LogP) is 4.16. The Morgan fingerprint density at radius 1 is 1.11 bits per heavy atom. The Kier molecular flexibility index (Phi) is 5.36. The van der Waals surface area contributed by atoms with Gasteiger partial charge in [0, 0.05) is 11.8 Å². The molecule has 0 unspecified atom stereocenters. The second-order valence-corrected chi connectivity index (χ2v) is 13.5. The van der Waals surface area contributed by atoms with Crippen molar-refractivity contribution in [3.8, 4) is 0 Å². The lowest BCUT2D eigenvalue weighted by Gasteiger charge is -2.64. The number of carbonyl (C=O) groups is 2. The van der Waals surface area contributed by atoms with E-state index in [1.165, 1.54) is 0 Å². The van der Waals surface area contributed by atoms with Crippen LogP contribution in [0.5, 0.6) is 0 Å². The first-order valence-electron chi connectivity index (χ1n) is 10.3. The van der Waals surface area contributed by atoms with Gasteiger partial charge in [-0.25, -0.2) is 0 Å². The number of aliphatic hydroxyl groups is 2.